The number of fused-ring (bicyclic) bond motifs is 1. The molecule has 190 valence electrons. The first-order valence-corrected chi connectivity index (χ1v) is 12.2. The van der Waals surface area contributed by atoms with Gasteiger partial charge >= 0.3 is 0 Å². The highest BCUT2D eigenvalue weighted by molar-refractivity contribution is 6.09. The predicted octanol–water partition coefficient (Wildman–Crippen LogP) is 3.08. The number of hydrogen-bond donors (Lipinski definition) is 2. The van der Waals surface area contributed by atoms with Crippen LogP contribution in [0, 0.1) is 24.6 Å². The number of nitrogens with zero attached hydrogens (tertiary/aromatic N) is 3. The van der Waals surface area contributed by atoms with Crippen LogP contribution in [0.3, 0.4) is 0 Å². The van der Waals surface area contributed by atoms with Crippen molar-refractivity contribution in [2.24, 2.45) is 11.8 Å². The van der Waals surface area contributed by atoms with Crippen LogP contribution in [0.1, 0.15) is 35.8 Å². The van der Waals surface area contributed by atoms with Crippen molar-refractivity contribution >= 4 is 22.8 Å². The third-order valence-corrected chi connectivity index (χ3v) is 6.92. The second kappa shape index (κ2) is 9.85. The normalized spacial score (nSPS) is 19.6. The van der Waals surface area contributed by atoms with E-state index < -0.39 is 5.82 Å². The lowest BCUT2D eigenvalue weighted by molar-refractivity contribution is -0.134. The largest absolute Gasteiger partial charge is 0.493 e. The van der Waals surface area contributed by atoms with Crippen molar-refractivity contribution < 1.29 is 23.5 Å². The van der Waals surface area contributed by atoms with Gasteiger partial charge in [0.15, 0.2) is 0 Å². The van der Waals surface area contributed by atoms with E-state index in [9.17, 15) is 14.0 Å². The number of H-pyrrole nitrogens is 1. The van der Waals surface area contributed by atoms with Crippen LogP contribution in [0.2, 0.25) is 0 Å². The number of aromatic amines is 1. The molecule has 36 heavy (non-hydrogen) atoms. The topological polar surface area (TPSA) is 109 Å². The van der Waals surface area contributed by atoms with E-state index in [1.165, 1.54) is 25.6 Å². The maximum Gasteiger partial charge on any atom is 0.255 e. The third kappa shape index (κ3) is 4.77. The molecule has 3 heterocycles. The molecule has 1 saturated carbocycles. The Kier molecular flexibility index (Phi) is 6.61. The van der Waals surface area contributed by atoms with Gasteiger partial charge in [-0.2, -0.15) is 0 Å². The van der Waals surface area contributed by atoms with Crippen LogP contribution >= 0.6 is 0 Å². The van der Waals surface area contributed by atoms with E-state index in [-0.39, 0.29) is 30.4 Å². The molecule has 2 aliphatic rings. The Bertz CT molecular complexity index is 1300. The van der Waals surface area contributed by atoms with E-state index >= 15 is 0 Å². The summed E-state index contributed by atoms with van der Waals surface area (Å²) in [4.78, 5) is 39.4. The van der Waals surface area contributed by atoms with E-state index in [1.807, 2.05) is 6.92 Å². The standard InChI is InChI=1S/C26H30FN5O4/c1-14-9-32(21(33)12-35-3)10-19(14)31-26(34)22-15(2)30-25-23(28-13-29-24(22)25)18-8-17(27)6-7-20(18)36-11-16-4-5-16/h6-8,13-14,16,19,30H,4-5,9-12H2,1-3H3,(H,31,34)/t14-,19-/m1/s1. The SMILES string of the molecule is COCC(=O)N1C[C@@H](C)[C@H](NC(=O)c2c(C)[nH]c3c(-c4cc(F)ccc4OCC4CC4)ncnc23)C1. The Morgan fingerprint density at radius 2 is 2.06 bits per heavy atom. The molecule has 2 fully saturated rings. The van der Waals surface area contributed by atoms with Gasteiger partial charge in [-0.05, 0) is 49.8 Å². The molecule has 2 amide bonds. The minimum absolute atomic E-state index is 0.0150. The molecule has 10 heteroatoms. The quantitative estimate of drug-likeness (QED) is 0.497. The first-order chi connectivity index (χ1) is 17.4. The van der Waals surface area contributed by atoms with Crippen LogP contribution < -0.4 is 10.1 Å². The zero-order chi connectivity index (χ0) is 25.4. The maximum absolute atomic E-state index is 14.2. The number of halogens is 1. The zero-order valence-electron chi connectivity index (χ0n) is 20.6. The third-order valence-electron chi connectivity index (χ3n) is 6.92. The average molecular weight is 496 g/mol. The fourth-order valence-corrected chi connectivity index (χ4v) is 4.72. The summed E-state index contributed by atoms with van der Waals surface area (Å²) in [5.74, 6) is 0.378. The van der Waals surface area contributed by atoms with Crippen molar-refractivity contribution in [2.75, 3.05) is 33.4 Å². The van der Waals surface area contributed by atoms with E-state index in [0.717, 1.165) is 12.8 Å². The molecule has 1 saturated heterocycles. The molecule has 1 aromatic carbocycles. The monoisotopic (exact) mass is 495 g/mol. The van der Waals surface area contributed by atoms with Gasteiger partial charge in [0.05, 0.1) is 23.7 Å². The number of aryl methyl sites for hydroxylation is 1. The molecule has 2 aromatic heterocycles. The number of nitrogens with one attached hydrogen (secondary N) is 2. The first kappa shape index (κ1) is 24.2. The molecular formula is C26H30FN5O4. The molecule has 0 unspecified atom stereocenters. The minimum Gasteiger partial charge on any atom is -0.493 e. The predicted molar refractivity (Wildman–Crippen MR) is 131 cm³/mol. The number of likely N-dealkylation sites (tertiary alicyclic amines) is 1. The summed E-state index contributed by atoms with van der Waals surface area (Å²) < 4.78 is 25.2. The molecule has 0 spiro atoms. The van der Waals surface area contributed by atoms with Gasteiger partial charge in [0, 0.05) is 31.5 Å². The zero-order valence-corrected chi connectivity index (χ0v) is 20.6. The van der Waals surface area contributed by atoms with Crippen LogP contribution in [0.4, 0.5) is 4.39 Å². The van der Waals surface area contributed by atoms with E-state index in [0.29, 0.717) is 64.9 Å². The highest BCUT2D eigenvalue weighted by atomic mass is 19.1. The van der Waals surface area contributed by atoms with Crippen LogP contribution in [-0.2, 0) is 9.53 Å². The fourth-order valence-electron chi connectivity index (χ4n) is 4.72. The van der Waals surface area contributed by atoms with Crippen LogP contribution in [0.15, 0.2) is 24.5 Å². The van der Waals surface area contributed by atoms with Gasteiger partial charge in [0.25, 0.3) is 5.91 Å². The summed E-state index contributed by atoms with van der Waals surface area (Å²) >= 11 is 0. The molecule has 5 rings (SSSR count). The Balaban J connectivity index is 1.43. The Labute approximate surface area is 208 Å². The molecular weight excluding hydrogens is 465 g/mol. The lowest BCUT2D eigenvalue weighted by Crippen LogP contribution is -2.41. The first-order valence-electron chi connectivity index (χ1n) is 12.2. The number of amides is 2. The van der Waals surface area contributed by atoms with Gasteiger partial charge < -0.3 is 24.7 Å². The number of benzene rings is 1. The molecule has 3 aromatic rings. The maximum atomic E-state index is 14.2. The molecule has 2 N–H and O–H groups in total. The Morgan fingerprint density at radius 3 is 2.81 bits per heavy atom. The second-order valence-electron chi connectivity index (χ2n) is 9.75. The molecule has 2 atom stereocenters. The fraction of sp³-hybridized carbons (Fsp3) is 0.462. The lowest BCUT2D eigenvalue weighted by atomic mass is 10.1. The van der Waals surface area contributed by atoms with Gasteiger partial charge in [-0.15, -0.1) is 0 Å². The van der Waals surface area contributed by atoms with Crippen molar-refractivity contribution in [3.8, 4) is 17.0 Å². The summed E-state index contributed by atoms with van der Waals surface area (Å²) in [5, 5.41) is 3.07. The smallest absolute Gasteiger partial charge is 0.255 e. The molecule has 1 aliphatic carbocycles. The van der Waals surface area contributed by atoms with Crippen molar-refractivity contribution in [3.05, 3.63) is 41.6 Å². The summed E-state index contributed by atoms with van der Waals surface area (Å²) in [6.45, 7) is 5.36. The van der Waals surface area contributed by atoms with Gasteiger partial charge in [0.2, 0.25) is 5.91 Å². The molecule has 0 radical (unpaired) electrons. The Hall–Kier alpha value is -3.53. The number of ether oxygens (including phenoxy) is 2. The molecule has 1 aliphatic heterocycles. The van der Waals surface area contributed by atoms with Crippen LogP contribution in [-0.4, -0.2) is 71.1 Å². The second-order valence-corrected chi connectivity index (χ2v) is 9.75. The highest BCUT2D eigenvalue weighted by Gasteiger charge is 2.34. The van der Waals surface area contributed by atoms with Crippen LogP contribution in [0.25, 0.3) is 22.3 Å². The average Bonchev–Trinajstić information content (AvgIpc) is 3.51. The number of hydrogen-bond acceptors (Lipinski definition) is 6. The van der Waals surface area contributed by atoms with Gasteiger partial charge in [0.1, 0.15) is 35.7 Å². The Morgan fingerprint density at radius 1 is 1.25 bits per heavy atom. The van der Waals surface area contributed by atoms with E-state index in [2.05, 4.69) is 20.3 Å². The van der Waals surface area contributed by atoms with Crippen LogP contribution in [0.5, 0.6) is 5.75 Å². The number of aromatic nitrogens is 3. The highest BCUT2D eigenvalue weighted by Crippen LogP contribution is 2.36. The number of carbonyl (C=O) groups is 2. The van der Waals surface area contributed by atoms with Gasteiger partial charge in [-0.3, -0.25) is 9.59 Å². The number of methoxy groups -OCH3 is 1. The van der Waals surface area contributed by atoms with Crippen molar-refractivity contribution in [2.45, 2.75) is 32.7 Å². The van der Waals surface area contributed by atoms with E-state index in [1.54, 1.807) is 17.9 Å². The lowest BCUT2D eigenvalue weighted by Gasteiger charge is -2.17. The summed E-state index contributed by atoms with van der Waals surface area (Å²) in [5.41, 5.74) is 2.99. The van der Waals surface area contributed by atoms with Crippen molar-refractivity contribution in [1.29, 1.82) is 0 Å². The molecule has 0 bridgehead atoms. The minimum atomic E-state index is -0.403. The number of carbonyl (C=O) groups excluding carboxylic acids is 2. The van der Waals surface area contributed by atoms with E-state index in [4.69, 9.17) is 9.47 Å². The summed E-state index contributed by atoms with van der Waals surface area (Å²) in [6.07, 6.45) is 3.65. The summed E-state index contributed by atoms with van der Waals surface area (Å²) in [6, 6.07) is 4.18. The van der Waals surface area contributed by atoms with Gasteiger partial charge in [-0.1, -0.05) is 6.92 Å². The van der Waals surface area contributed by atoms with Crippen molar-refractivity contribution in [3.63, 3.8) is 0 Å². The van der Waals surface area contributed by atoms with Crippen molar-refractivity contribution in [1.82, 2.24) is 25.2 Å². The number of rotatable bonds is 8. The van der Waals surface area contributed by atoms with Gasteiger partial charge in [-0.25, -0.2) is 14.4 Å². The summed E-state index contributed by atoms with van der Waals surface area (Å²) in [7, 11) is 1.48. The molecule has 9 nitrogen and oxygen atoms in total.